The number of Topliss-reactive ketones (excluding diaryl/α,β-unsaturated/α-hetero) is 1. The zero-order valence-corrected chi connectivity index (χ0v) is 15.8. The standard InChI is InChI=1S/C19H17N3O5S/c1-28(25,26)22-9-8-12-10-13(6-7-16(12)22)17(23)11-27-19(24)18-14-4-2-3-5-15(14)20-21-18/h2-7,10H,8-9,11H2,1H3,(H,20,21). The smallest absolute Gasteiger partial charge is 0.359 e. The highest BCUT2D eigenvalue weighted by molar-refractivity contribution is 7.92. The number of ether oxygens (including phenoxy) is 1. The lowest BCUT2D eigenvalue weighted by Crippen LogP contribution is -2.27. The maximum Gasteiger partial charge on any atom is 0.359 e. The van der Waals surface area contributed by atoms with E-state index in [0.29, 0.717) is 35.1 Å². The van der Waals surface area contributed by atoms with E-state index in [1.807, 2.05) is 6.07 Å². The van der Waals surface area contributed by atoms with Crippen LogP contribution in [-0.4, -0.2) is 49.8 Å². The fourth-order valence-corrected chi connectivity index (χ4v) is 4.25. The van der Waals surface area contributed by atoms with Crippen LogP contribution in [0.5, 0.6) is 0 Å². The molecule has 8 nitrogen and oxygen atoms in total. The van der Waals surface area contributed by atoms with E-state index in [4.69, 9.17) is 4.74 Å². The van der Waals surface area contributed by atoms with Crippen molar-refractivity contribution in [1.82, 2.24) is 10.2 Å². The van der Waals surface area contributed by atoms with Crippen LogP contribution in [-0.2, 0) is 21.2 Å². The molecule has 4 rings (SSSR count). The van der Waals surface area contributed by atoms with Crippen molar-refractivity contribution < 1.29 is 22.7 Å². The first kappa shape index (κ1) is 18.2. The quantitative estimate of drug-likeness (QED) is 0.519. The fourth-order valence-electron chi connectivity index (χ4n) is 3.29. The van der Waals surface area contributed by atoms with Gasteiger partial charge in [-0.25, -0.2) is 13.2 Å². The zero-order chi connectivity index (χ0) is 19.9. The Kier molecular flexibility index (Phi) is 4.38. The molecule has 0 amide bonds. The number of sulfonamides is 1. The van der Waals surface area contributed by atoms with Crippen LogP contribution in [0.25, 0.3) is 10.9 Å². The molecule has 9 heteroatoms. The largest absolute Gasteiger partial charge is 0.452 e. The van der Waals surface area contributed by atoms with Crippen LogP contribution in [0, 0.1) is 0 Å². The van der Waals surface area contributed by atoms with Crippen molar-refractivity contribution in [2.75, 3.05) is 23.7 Å². The summed E-state index contributed by atoms with van der Waals surface area (Å²) in [5.41, 5.74) is 2.56. The monoisotopic (exact) mass is 399 g/mol. The van der Waals surface area contributed by atoms with Gasteiger partial charge in [0.25, 0.3) is 0 Å². The van der Waals surface area contributed by atoms with Crippen molar-refractivity contribution in [1.29, 1.82) is 0 Å². The molecule has 0 atom stereocenters. The molecular weight excluding hydrogens is 382 g/mol. The molecule has 1 aliphatic rings. The summed E-state index contributed by atoms with van der Waals surface area (Å²) >= 11 is 0. The number of para-hydroxylation sites is 1. The van der Waals surface area contributed by atoms with Gasteiger partial charge in [0.05, 0.1) is 17.5 Å². The van der Waals surface area contributed by atoms with E-state index in [2.05, 4.69) is 10.2 Å². The van der Waals surface area contributed by atoms with Crippen LogP contribution in [0.4, 0.5) is 5.69 Å². The van der Waals surface area contributed by atoms with Gasteiger partial charge in [0.15, 0.2) is 18.1 Å². The average molecular weight is 399 g/mol. The lowest BCUT2D eigenvalue weighted by Gasteiger charge is -2.16. The van der Waals surface area contributed by atoms with E-state index < -0.39 is 22.6 Å². The number of aromatic amines is 1. The average Bonchev–Trinajstić information content (AvgIpc) is 3.29. The van der Waals surface area contributed by atoms with E-state index in [1.165, 1.54) is 4.31 Å². The van der Waals surface area contributed by atoms with Gasteiger partial charge in [0.1, 0.15) is 0 Å². The number of nitrogens with zero attached hydrogens (tertiary/aromatic N) is 2. The predicted molar refractivity (Wildman–Crippen MR) is 103 cm³/mol. The Hall–Kier alpha value is -3.20. The van der Waals surface area contributed by atoms with Gasteiger partial charge in [-0.05, 0) is 36.2 Å². The molecule has 0 unspecified atom stereocenters. The summed E-state index contributed by atoms with van der Waals surface area (Å²) in [5.74, 6) is -1.05. The lowest BCUT2D eigenvalue weighted by molar-refractivity contribution is 0.0471. The Bertz CT molecular complexity index is 1200. The molecule has 1 aliphatic heterocycles. The maximum atomic E-state index is 12.4. The van der Waals surface area contributed by atoms with Crippen molar-refractivity contribution in [3.63, 3.8) is 0 Å². The molecule has 2 heterocycles. The highest BCUT2D eigenvalue weighted by atomic mass is 32.2. The van der Waals surface area contributed by atoms with Crippen molar-refractivity contribution >= 4 is 38.4 Å². The summed E-state index contributed by atoms with van der Waals surface area (Å²) in [6, 6.07) is 11.9. The number of benzene rings is 2. The molecule has 0 saturated carbocycles. The molecular formula is C19H17N3O5S. The second-order valence-corrected chi connectivity index (χ2v) is 8.45. The molecule has 3 aromatic rings. The van der Waals surface area contributed by atoms with E-state index in [9.17, 15) is 18.0 Å². The maximum absolute atomic E-state index is 12.4. The zero-order valence-electron chi connectivity index (χ0n) is 15.0. The van der Waals surface area contributed by atoms with Gasteiger partial charge in [0, 0.05) is 17.5 Å². The van der Waals surface area contributed by atoms with Crippen LogP contribution < -0.4 is 4.31 Å². The van der Waals surface area contributed by atoms with Gasteiger partial charge in [0.2, 0.25) is 10.0 Å². The Morgan fingerprint density at radius 2 is 2.00 bits per heavy atom. The van der Waals surface area contributed by atoms with Crippen LogP contribution in [0.1, 0.15) is 26.4 Å². The Balaban J connectivity index is 1.47. The van der Waals surface area contributed by atoms with Gasteiger partial charge < -0.3 is 4.74 Å². The summed E-state index contributed by atoms with van der Waals surface area (Å²) in [7, 11) is -3.34. The first-order valence-electron chi connectivity index (χ1n) is 8.58. The Labute approximate surface area is 161 Å². The number of nitrogens with one attached hydrogen (secondary N) is 1. The number of carbonyl (C=O) groups excluding carboxylic acids is 2. The summed E-state index contributed by atoms with van der Waals surface area (Å²) in [6.45, 7) is -0.0678. The molecule has 0 saturated heterocycles. The van der Waals surface area contributed by atoms with Gasteiger partial charge in [-0.15, -0.1) is 0 Å². The third-order valence-electron chi connectivity index (χ3n) is 4.65. The lowest BCUT2D eigenvalue weighted by atomic mass is 10.1. The van der Waals surface area contributed by atoms with Crippen LogP contribution in [0.2, 0.25) is 0 Å². The van der Waals surface area contributed by atoms with E-state index in [1.54, 1.807) is 36.4 Å². The van der Waals surface area contributed by atoms with Crippen molar-refractivity contribution in [2.24, 2.45) is 0 Å². The summed E-state index contributed by atoms with van der Waals surface area (Å²) < 4.78 is 30.0. The molecule has 144 valence electrons. The first-order chi connectivity index (χ1) is 13.3. The van der Waals surface area contributed by atoms with Crippen molar-refractivity contribution in [2.45, 2.75) is 6.42 Å². The topological polar surface area (TPSA) is 109 Å². The number of aromatic nitrogens is 2. The minimum absolute atomic E-state index is 0.126. The normalized spacial score (nSPS) is 13.5. The molecule has 0 bridgehead atoms. The number of hydrogen-bond donors (Lipinski definition) is 1. The highest BCUT2D eigenvalue weighted by Gasteiger charge is 2.27. The van der Waals surface area contributed by atoms with Gasteiger partial charge >= 0.3 is 5.97 Å². The van der Waals surface area contributed by atoms with Crippen LogP contribution >= 0.6 is 0 Å². The molecule has 2 aromatic carbocycles. The third kappa shape index (κ3) is 3.24. The molecule has 1 N–H and O–H groups in total. The van der Waals surface area contributed by atoms with E-state index in [0.717, 1.165) is 11.8 Å². The van der Waals surface area contributed by atoms with Gasteiger partial charge in [-0.2, -0.15) is 5.10 Å². The van der Waals surface area contributed by atoms with Crippen molar-refractivity contribution in [3.8, 4) is 0 Å². The highest BCUT2D eigenvalue weighted by Crippen LogP contribution is 2.30. The number of H-pyrrole nitrogens is 1. The minimum Gasteiger partial charge on any atom is -0.452 e. The van der Waals surface area contributed by atoms with Gasteiger partial charge in [-0.3, -0.25) is 14.2 Å². The van der Waals surface area contributed by atoms with E-state index in [-0.39, 0.29) is 11.5 Å². The molecule has 0 fully saturated rings. The number of fused-ring (bicyclic) bond motifs is 2. The summed E-state index contributed by atoms with van der Waals surface area (Å²) in [4.78, 5) is 24.7. The molecule has 0 radical (unpaired) electrons. The number of rotatable bonds is 5. The number of carbonyl (C=O) groups is 2. The molecule has 28 heavy (non-hydrogen) atoms. The first-order valence-corrected chi connectivity index (χ1v) is 10.4. The van der Waals surface area contributed by atoms with Crippen molar-refractivity contribution in [3.05, 3.63) is 59.3 Å². The second kappa shape index (κ2) is 6.75. The molecule has 1 aromatic heterocycles. The van der Waals surface area contributed by atoms with Crippen LogP contribution in [0.3, 0.4) is 0 Å². The number of esters is 1. The Morgan fingerprint density at radius 3 is 2.79 bits per heavy atom. The summed E-state index contributed by atoms with van der Waals surface area (Å²) in [6.07, 6.45) is 1.68. The number of ketones is 1. The fraction of sp³-hybridized carbons (Fsp3) is 0.211. The predicted octanol–water partition coefficient (Wildman–Crippen LogP) is 1.92. The Morgan fingerprint density at radius 1 is 1.21 bits per heavy atom. The van der Waals surface area contributed by atoms with E-state index >= 15 is 0 Å². The second-order valence-electron chi connectivity index (χ2n) is 6.55. The third-order valence-corrected chi connectivity index (χ3v) is 5.83. The van der Waals surface area contributed by atoms with Gasteiger partial charge in [-0.1, -0.05) is 18.2 Å². The minimum atomic E-state index is -3.34. The summed E-state index contributed by atoms with van der Waals surface area (Å²) in [5, 5.41) is 7.32. The van der Waals surface area contributed by atoms with Crippen LogP contribution in [0.15, 0.2) is 42.5 Å². The SMILES string of the molecule is CS(=O)(=O)N1CCc2cc(C(=O)COC(=O)c3n[nH]c4ccccc34)ccc21. The number of anilines is 1. The molecule has 0 aliphatic carbocycles. The number of hydrogen-bond acceptors (Lipinski definition) is 6. The molecule has 0 spiro atoms.